The Morgan fingerprint density at radius 2 is 1.31 bits per heavy atom. The third kappa shape index (κ3) is 17.1. The third-order valence-corrected chi connectivity index (χ3v) is 4.67. The van der Waals surface area contributed by atoms with Gasteiger partial charge in [0.25, 0.3) is 0 Å². The van der Waals surface area contributed by atoms with Crippen molar-refractivity contribution in [1.29, 1.82) is 0 Å². The second kappa shape index (κ2) is 19.4. The monoisotopic (exact) mass is 372 g/mol. The smallest absolute Gasteiger partial charge is 0.0594 e. The summed E-state index contributed by atoms with van der Waals surface area (Å²) >= 11 is 0. The van der Waals surface area contributed by atoms with Gasteiger partial charge in [0.2, 0.25) is 0 Å². The fourth-order valence-electron chi connectivity index (χ4n) is 2.56. The maximum atomic E-state index is 5.44. The van der Waals surface area contributed by atoms with Crippen LogP contribution in [0.2, 0.25) is 0 Å². The van der Waals surface area contributed by atoms with Gasteiger partial charge in [-0.2, -0.15) is 0 Å². The number of hydrogen-bond donors (Lipinski definition) is 1. The van der Waals surface area contributed by atoms with Crippen LogP contribution in [0.25, 0.3) is 0 Å². The minimum atomic E-state index is 0.306. The normalized spacial score (nSPS) is 15.2. The Morgan fingerprint density at radius 3 is 1.69 bits per heavy atom. The molecular weight excluding hydrogens is 320 g/mol. The summed E-state index contributed by atoms with van der Waals surface area (Å²) in [7, 11) is 2.04. The van der Waals surface area contributed by atoms with Crippen molar-refractivity contribution < 1.29 is 4.74 Å². The van der Waals surface area contributed by atoms with E-state index in [0.717, 1.165) is 32.8 Å². The molecule has 1 saturated heterocycles. The number of hydrogen-bond acceptors (Lipinski definition) is 3. The molecule has 1 aliphatic rings. The van der Waals surface area contributed by atoms with Crippen molar-refractivity contribution in [2.45, 2.75) is 94.0 Å². The number of nitrogens with one attached hydrogen (secondary N) is 1. The number of ether oxygens (including phenoxy) is 1. The van der Waals surface area contributed by atoms with Gasteiger partial charge in [-0.1, -0.05) is 53.7 Å². The first-order chi connectivity index (χ1) is 12.3. The first kappa shape index (κ1) is 30.4. The van der Waals surface area contributed by atoms with Gasteiger partial charge in [0, 0.05) is 18.6 Å². The molecule has 1 rings (SSSR count). The van der Waals surface area contributed by atoms with E-state index in [1.165, 1.54) is 19.3 Å². The summed E-state index contributed by atoms with van der Waals surface area (Å²) in [6.45, 7) is 26.6. The number of morpholine rings is 1. The minimum absolute atomic E-state index is 0.306. The molecule has 0 aromatic heterocycles. The number of allylic oxidation sites excluding steroid dienone is 2. The molecule has 0 aromatic rings. The molecule has 0 aromatic carbocycles. The maximum Gasteiger partial charge on any atom is 0.0594 e. The summed E-state index contributed by atoms with van der Waals surface area (Å²) in [6, 6.07) is 0. The molecule has 1 N–H and O–H groups in total. The highest BCUT2D eigenvalue weighted by molar-refractivity contribution is 4.85. The average molecular weight is 373 g/mol. The van der Waals surface area contributed by atoms with Crippen LogP contribution in [0.15, 0.2) is 12.2 Å². The van der Waals surface area contributed by atoms with Crippen molar-refractivity contribution in [3.63, 3.8) is 0 Å². The van der Waals surface area contributed by atoms with E-state index in [2.05, 4.69) is 37.9 Å². The zero-order valence-corrected chi connectivity index (χ0v) is 20.2. The lowest BCUT2D eigenvalue weighted by atomic mass is 9.80. The largest absolute Gasteiger partial charge is 0.379 e. The molecule has 26 heavy (non-hydrogen) atoms. The Labute approximate surface area is 167 Å². The molecule has 0 spiro atoms. The van der Waals surface area contributed by atoms with Gasteiger partial charge < -0.3 is 10.1 Å². The second-order valence-corrected chi connectivity index (χ2v) is 7.60. The van der Waals surface area contributed by atoms with Gasteiger partial charge in [-0.25, -0.2) is 0 Å². The van der Waals surface area contributed by atoms with E-state index in [1.54, 1.807) is 0 Å². The highest BCUT2D eigenvalue weighted by Crippen LogP contribution is 2.32. The van der Waals surface area contributed by atoms with Crippen LogP contribution in [0.5, 0.6) is 0 Å². The van der Waals surface area contributed by atoms with Crippen LogP contribution in [-0.2, 0) is 4.74 Å². The summed E-state index contributed by atoms with van der Waals surface area (Å²) in [5, 5.41) is 3.26. The van der Waals surface area contributed by atoms with E-state index in [4.69, 9.17) is 4.74 Å². The quantitative estimate of drug-likeness (QED) is 0.543. The van der Waals surface area contributed by atoms with Gasteiger partial charge in [-0.3, -0.25) is 4.90 Å². The lowest BCUT2D eigenvalue weighted by Gasteiger charge is -2.42. The van der Waals surface area contributed by atoms with Crippen molar-refractivity contribution in [1.82, 2.24) is 10.2 Å². The summed E-state index contributed by atoms with van der Waals surface area (Å²) < 4.78 is 5.44. The van der Waals surface area contributed by atoms with E-state index >= 15 is 0 Å². The van der Waals surface area contributed by atoms with Gasteiger partial charge in [-0.15, -0.1) is 0 Å². The van der Waals surface area contributed by atoms with Crippen LogP contribution >= 0.6 is 0 Å². The Kier molecular flexibility index (Phi) is 22.6. The van der Waals surface area contributed by atoms with Gasteiger partial charge >= 0.3 is 0 Å². The lowest BCUT2D eigenvalue weighted by molar-refractivity contribution is -0.0164. The van der Waals surface area contributed by atoms with Crippen molar-refractivity contribution in [3.8, 4) is 0 Å². The summed E-state index contributed by atoms with van der Waals surface area (Å²) in [5.74, 6) is 0. The Hall–Kier alpha value is -0.380. The Bertz CT molecular complexity index is 289. The van der Waals surface area contributed by atoms with E-state index < -0.39 is 0 Å². The first-order valence-corrected chi connectivity index (χ1v) is 10.8. The number of rotatable bonds is 7. The molecule has 3 nitrogen and oxygen atoms in total. The van der Waals surface area contributed by atoms with Crippen molar-refractivity contribution in [2.24, 2.45) is 5.41 Å². The van der Waals surface area contributed by atoms with Crippen molar-refractivity contribution >= 4 is 0 Å². The Balaban J connectivity index is -0.000000568. The molecule has 0 amide bonds. The standard InChI is InChI=1S/C15H32N2O.C4H8.2C2H6/c1-14(2,8-9-16-5)6-7-15(3,4)17-10-12-18-13-11-17;1-3-4-2;2*1-2/h16H,6-13H2,1-5H3;3-4H,1-2H3;2*1-2H3/b;4-3-;;. The highest BCUT2D eigenvalue weighted by Gasteiger charge is 2.30. The molecule has 0 bridgehead atoms. The van der Waals surface area contributed by atoms with Crippen LogP contribution < -0.4 is 5.32 Å². The second-order valence-electron chi connectivity index (χ2n) is 7.60. The zero-order chi connectivity index (χ0) is 21.1. The predicted molar refractivity (Wildman–Crippen MR) is 121 cm³/mol. The molecule has 0 radical (unpaired) electrons. The fraction of sp³-hybridized carbons (Fsp3) is 0.913. The fourth-order valence-corrected chi connectivity index (χ4v) is 2.56. The van der Waals surface area contributed by atoms with E-state index in [-0.39, 0.29) is 0 Å². The van der Waals surface area contributed by atoms with Crippen LogP contribution in [0.4, 0.5) is 0 Å². The SMILES string of the molecule is C/C=C\C.CC.CC.CNCCC(C)(C)CCC(C)(C)N1CCOCC1. The van der Waals surface area contributed by atoms with Crippen LogP contribution in [0.1, 0.15) is 88.5 Å². The minimum Gasteiger partial charge on any atom is -0.379 e. The predicted octanol–water partition coefficient (Wildman–Crippen LogP) is 6.15. The number of nitrogens with zero attached hydrogens (tertiary/aromatic N) is 1. The van der Waals surface area contributed by atoms with Crippen molar-refractivity contribution in [3.05, 3.63) is 12.2 Å². The lowest BCUT2D eigenvalue weighted by Crippen LogP contribution is -2.50. The summed E-state index contributed by atoms with van der Waals surface area (Å²) in [4.78, 5) is 2.59. The molecule has 0 saturated carbocycles. The molecule has 1 aliphatic heterocycles. The van der Waals surface area contributed by atoms with Crippen molar-refractivity contribution in [2.75, 3.05) is 39.9 Å². The molecule has 160 valence electrons. The van der Waals surface area contributed by atoms with Crippen LogP contribution in [-0.4, -0.2) is 50.3 Å². The zero-order valence-electron chi connectivity index (χ0n) is 20.2. The third-order valence-electron chi connectivity index (χ3n) is 4.67. The molecule has 0 unspecified atom stereocenters. The molecular formula is C23H52N2O. The van der Waals surface area contributed by atoms with Crippen LogP contribution in [0, 0.1) is 5.41 Å². The molecule has 0 atom stereocenters. The van der Waals surface area contributed by atoms with Gasteiger partial charge in [-0.05, 0) is 66.0 Å². The summed E-state index contributed by atoms with van der Waals surface area (Å²) in [5.41, 5.74) is 0.743. The maximum absolute atomic E-state index is 5.44. The highest BCUT2D eigenvalue weighted by atomic mass is 16.5. The summed E-state index contributed by atoms with van der Waals surface area (Å²) in [6.07, 6.45) is 7.81. The first-order valence-electron chi connectivity index (χ1n) is 10.8. The van der Waals surface area contributed by atoms with Gasteiger partial charge in [0.15, 0.2) is 0 Å². The molecule has 1 heterocycles. The van der Waals surface area contributed by atoms with Gasteiger partial charge in [0.05, 0.1) is 13.2 Å². The van der Waals surface area contributed by atoms with E-state index in [1.807, 2.05) is 60.7 Å². The molecule has 1 fully saturated rings. The van der Waals surface area contributed by atoms with E-state index in [9.17, 15) is 0 Å². The Morgan fingerprint density at radius 1 is 0.846 bits per heavy atom. The van der Waals surface area contributed by atoms with Gasteiger partial charge in [0.1, 0.15) is 0 Å². The molecule has 3 heteroatoms. The topological polar surface area (TPSA) is 24.5 Å². The molecule has 0 aliphatic carbocycles. The van der Waals surface area contributed by atoms with E-state index in [0.29, 0.717) is 11.0 Å². The van der Waals surface area contributed by atoms with Crippen LogP contribution in [0.3, 0.4) is 0 Å². The average Bonchev–Trinajstić information content (AvgIpc) is 2.69.